The van der Waals surface area contributed by atoms with Crippen LogP contribution in [0.3, 0.4) is 0 Å². The summed E-state index contributed by atoms with van der Waals surface area (Å²) in [5.41, 5.74) is 0.556. The highest BCUT2D eigenvalue weighted by atomic mass is 16.7. The quantitative estimate of drug-likeness (QED) is 0.787. The Morgan fingerprint density at radius 3 is 2.70 bits per heavy atom. The van der Waals surface area contributed by atoms with Crippen LogP contribution < -0.4 is 0 Å². The predicted molar refractivity (Wildman–Crippen MR) is 77.7 cm³/mol. The smallest absolute Gasteiger partial charge is 0.335 e. The van der Waals surface area contributed by atoms with Gasteiger partial charge in [-0.2, -0.15) is 0 Å². The maximum Gasteiger partial charge on any atom is 0.335 e. The molecule has 0 N–H and O–H groups in total. The SMILES string of the molecule is CC1C=CC=CC1(Cc1ccccc1)C(=O)ON1CC1. The molecular weight excluding hydrogens is 250 g/mol. The Kier molecular flexibility index (Phi) is 3.45. The van der Waals surface area contributed by atoms with Crippen LogP contribution in [-0.2, 0) is 16.1 Å². The van der Waals surface area contributed by atoms with Crippen molar-refractivity contribution in [3.8, 4) is 0 Å². The van der Waals surface area contributed by atoms with Crippen molar-refractivity contribution in [2.75, 3.05) is 13.1 Å². The summed E-state index contributed by atoms with van der Waals surface area (Å²) in [5.74, 6) is -0.0212. The maximum absolute atomic E-state index is 12.6. The van der Waals surface area contributed by atoms with E-state index in [9.17, 15) is 4.79 Å². The highest BCUT2D eigenvalue weighted by molar-refractivity contribution is 5.80. The predicted octanol–water partition coefficient (Wildman–Crippen LogP) is 2.75. The summed E-state index contributed by atoms with van der Waals surface area (Å²) in [5, 5.41) is 1.70. The summed E-state index contributed by atoms with van der Waals surface area (Å²) in [4.78, 5) is 18.1. The lowest BCUT2D eigenvalue weighted by atomic mass is 9.70. The molecule has 3 rings (SSSR count). The van der Waals surface area contributed by atoms with Crippen molar-refractivity contribution in [3.05, 3.63) is 60.2 Å². The highest BCUT2D eigenvalue weighted by Gasteiger charge is 2.44. The zero-order valence-corrected chi connectivity index (χ0v) is 11.7. The molecule has 1 aliphatic carbocycles. The molecule has 20 heavy (non-hydrogen) atoms. The molecule has 1 aromatic carbocycles. The molecule has 0 aromatic heterocycles. The van der Waals surface area contributed by atoms with E-state index >= 15 is 0 Å². The number of hydrogen-bond donors (Lipinski definition) is 0. The molecule has 0 spiro atoms. The number of carbonyl (C=O) groups is 1. The van der Waals surface area contributed by atoms with Crippen molar-refractivity contribution in [2.45, 2.75) is 13.3 Å². The monoisotopic (exact) mass is 269 g/mol. The van der Waals surface area contributed by atoms with E-state index in [0.717, 1.165) is 18.7 Å². The van der Waals surface area contributed by atoms with E-state index in [2.05, 4.69) is 25.1 Å². The lowest BCUT2D eigenvalue weighted by Gasteiger charge is -2.34. The number of carbonyl (C=O) groups excluding carboxylic acids is 1. The minimum atomic E-state index is -0.599. The standard InChI is InChI=1S/C17H19NO2/c1-14-7-5-6-10-17(14,16(19)20-18-11-12-18)13-15-8-3-2-4-9-15/h2-10,14H,11-13H2,1H3. The van der Waals surface area contributed by atoms with E-state index in [1.165, 1.54) is 0 Å². The second kappa shape index (κ2) is 5.25. The van der Waals surface area contributed by atoms with Crippen molar-refractivity contribution in [3.63, 3.8) is 0 Å². The maximum atomic E-state index is 12.6. The van der Waals surface area contributed by atoms with Crippen LogP contribution in [0.15, 0.2) is 54.6 Å². The molecule has 3 nitrogen and oxygen atoms in total. The van der Waals surface area contributed by atoms with Gasteiger partial charge < -0.3 is 4.84 Å². The molecule has 1 aromatic rings. The number of benzene rings is 1. The van der Waals surface area contributed by atoms with Gasteiger partial charge in [-0.3, -0.25) is 0 Å². The van der Waals surface area contributed by atoms with Gasteiger partial charge in [0.25, 0.3) is 0 Å². The zero-order chi connectivity index (χ0) is 14.0. The van der Waals surface area contributed by atoms with E-state index in [-0.39, 0.29) is 11.9 Å². The van der Waals surface area contributed by atoms with Gasteiger partial charge in [0.2, 0.25) is 0 Å². The molecule has 0 radical (unpaired) electrons. The Bertz CT molecular complexity index is 545. The van der Waals surface area contributed by atoms with Gasteiger partial charge in [-0.15, -0.1) is 5.06 Å². The van der Waals surface area contributed by atoms with Gasteiger partial charge in [0.05, 0.1) is 18.5 Å². The Balaban J connectivity index is 1.88. The summed E-state index contributed by atoms with van der Waals surface area (Å²) < 4.78 is 0. The van der Waals surface area contributed by atoms with Crippen LogP contribution in [0.4, 0.5) is 0 Å². The van der Waals surface area contributed by atoms with Crippen molar-refractivity contribution in [2.24, 2.45) is 11.3 Å². The summed E-state index contributed by atoms with van der Waals surface area (Å²) in [6.07, 6.45) is 8.69. The zero-order valence-electron chi connectivity index (χ0n) is 11.7. The first-order valence-electron chi connectivity index (χ1n) is 7.08. The van der Waals surface area contributed by atoms with Crippen molar-refractivity contribution < 1.29 is 9.63 Å². The fourth-order valence-corrected chi connectivity index (χ4v) is 2.60. The van der Waals surface area contributed by atoms with Crippen LogP contribution in [0.1, 0.15) is 12.5 Å². The molecule has 3 heteroatoms. The third-order valence-corrected chi connectivity index (χ3v) is 4.05. The summed E-state index contributed by atoms with van der Waals surface area (Å²) in [6.45, 7) is 3.77. The van der Waals surface area contributed by atoms with Crippen LogP contribution in [0, 0.1) is 11.3 Å². The molecule has 0 bridgehead atoms. The van der Waals surface area contributed by atoms with Crippen molar-refractivity contribution >= 4 is 5.97 Å². The van der Waals surface area contributed by atoms with Gasteiger partial charge in [0, 0.05) is 0 Å². The molecule has 2 aliphatic rings. The number of allylic oxidation sites excluding steroid dienone is 3. The largest absolute Gasteiger partial charge is 0.367 e. The molecule has 1 heterocycles. The number of nitrogens with zero attached hydrogens (tertiary/aromatic N) is 1. The van der Waals surface area contributed by atoms with Gasteiger partial charge in [0.1, 0.15) is 0 Å². The van der Waals surface area contributed by atoms with Crippen LogP contribution in [-0.4, -0.2) is 24.1 Å². The minimum Gasteiger partial charge on any atom is -0.367 e. The van der Waals surface area contributed by atoms with Crippen LogP contribution in [0.25, 0.3) is 0 Å². The van der Waals surface area contributed by atoms with E-state index < -0.39 is 5.41 Å². The average Bonchev–Trinajstić information content (AvgIpc) is 3.26. The normalized spacial score (nSPS) is 28.4. The first-order valence-corrected chi connectivity index (χ1v) is 7.08. The van der Waals surface area contributed by atoms with E-state index in [1.807, 2.05) is 36.4 Å². The summed E-state index contributed by atoms with van der Waals surface area (Å²) >= 11 is 0. The van der Waals surface area contributed by atoms with E-state index in [4.69, 9.17) is 4.84 Å². The fraction of sp³-hybridized carbons (Fsp3) is 0.353. The lowest BCUT2D eigenvalue weighted by Crippen LogP contribution is -2.40. The second-order valence-electron chi connectivity index (χ2n) is 5.54. The second-order valence-corrected chi connectivity index (χ2v) is 5.54. The highest BCUT2D eigenvalue weighted by Crippen LogP contribution is 2.39. The van der Waals surface area contributed by atoms with Gasteiger partial charge >= 0.3 is 5.97 Å². The summed E-state index contributed by atoms with van der Waals surface area (Å²) in [6, 6.07) is 10.1. The Morgan fingerprint density at radius 1 is 1.30 bits per heavy atom. The van der Waals surface area contributed by atoms with Crippen molar-refractivity contribution in [1.82, 2.24) is 5.06 Å². The number of hydroxylamine groups is 2. The van der Waals surface area contributed by atoms with Crippen LogP contribution in [0.2, 0.25) is 0 Å². The Labute approximate surface area is 119 Å². The molecule has 1 saturated heterocycles. The van der Waals surface area contributed by atoms with Gasteiger partial charge in [0.15, 0.2) is 0 Å². The van der Waals surface area contributed by atoms with E-state index in [1.54, 1.807) is 5.06 Å². The number of hydrogen-bond acceptors (Lipinski definition) is 3. The summed E-state index contributed by atoms with van der Waals surface area (Å²) in [7, 11) is 0. The topological polar surface area (TPSA) is 29.3 Å². The molecule has 104 valence electrons. The molecule has 0 amide bonds. The Morgan fingerprint density at radius 2 is 2.05 bits per heavy atom. The average molecular weight is 269 g/mol. The van der Waals surface area contributed by atoms with Gasteiger partial charge in [-0.05, 0) is 17.9 Å². The van der Waals surface area contributed by atoms with E-state index in [0.29, 0.717) is 6.42 Å². The third kappa shape index (κ3) is 2.54. The fourth-order valence-electron chi connectivity index (χ4n) is 2.60. The third-order valence-electron chi connectivity index (χ3n) is 4.05. The van der Waals surface area contributed by atoms with Crippen molar-refractivity contribution in [1.29, 1.82) is 0 Å². The lowest BCUT2D eigenvalue weighted by molar-refractivity contribution is -0.178. The van der Waals surface area contributed by atoms with Gasteiger partial charge in [-0.25, -0.2) is 4.79 Å². The Hall–Kier alpha value is -1.87. The molecular formula is C17H19NO2. The van der Waals surface area contributed by atoms with Gasteiger partial charge in [-0.1, -0.05) is 61.6 Å². The van der Waals surface area contributed by atoms with Crippen LogP contribution in [0.5, 0.6) is 0 Å². The first-order chi connectivity index (χ1) is 9.71. The first kappa shape index (κ1) is 13.1. The minimum absolute atomic E-state index is 0.125. The molecule has 2 unspecified atom stereocenters. The molecule has 2 atom stereocenters. The number of rotatable bonds is 4. The molecule has 0 saturated carbocycles. The molecule has 1 aliphatic heterocycles. The van der Waals surface area contributed by atoms with Crippen LogP contribution >= 0.6 is 0 Å². The molecule has 1 fully saturated rings.